The Balaban J connectivity index is 2.30. The summed E-state index contributed by atoms with van der Waals surface area (Å²) in [6.07, 6.45) is 0. The lowest BCUT2D eigenvalue weighted by Crippen LogP contribution is -2.17. The number of hydrogen-bond donors (Lipinski definition) is 3. The van der Waals surface area contributed by atoms with Crippen molar-refractivity contribution >= 4 is 17.3 Å². The van der Waals surface area contributed by atoms with Crippen LogP contribution < -0.4 is 16.8 Å². The molecule has 2 aromatic carbocycles. The second-order valence-electron chi connectivity index (χ2n) is 4.56. The molecular formula is C15H16FN3O. The van der Waals surface area contributed by atoms with Crippen molar-refractivity contribution in [1.82, 2.24) is 0 Å². The summed E-state index contributed by atoms with van der Waals surface area (Å²) in [4.78, 5) is 11.3. The van der Waals surface area contributed by atoms with Gasteiger partial charge in [0.15, 0.2) is 0 Å². The highest BCUT2D eigenvalue weighted by atomic mass is 19.1. The lowest BCUT2D eigenvalue weighted by Gasteiger charge is -2.18. The summed E-state index contributed by atoms with van der Waals surface area (Å²) < 4.78 is 13.7. The van der Waals surface area contributed by atoms with Crippen LogP contribution in [0.3, 0.4) is 0 Å². The number of nitrogen functional groups attached to an aromatic ring is 1. The first-order valence-corrected chi connectivity index (χ1v) is 6.19. The first kappa shape index (κ1) is 13.9. The molecule has 1 amide bonds. The van der Waals surface area contributed by atoms with Gasteiger partial charge in [-0.05, 0) is 36.8 Å². The molecule has 4 nitrogen and oxygen atoms in total. The predicted octanol–water partition coefficient (Wildman–Crippen LogP) is 2.68. The third kappa shape index (κ3) is 2.88. The van der Waals surface area contributed by atoms with E-state index in [9.17, 15) is 9.18 Å². The average Bonchev–Trinajstić information content (AvgIpc) is 2.38. The van der Waals surface area contributed by atoms with Crippen LogP contribution in [-0.4, -0.2) is 5.91 Å². The van der Waals surface area contributed by atoms with Gasteiger partial charge >= 0.3 is 0 Å². The molecular weight excluding hydrogens is 257 g/mol. The Morgan fingerprint density at radius 2 is 1.95 bits per heavy atom. The van der Waals surface area contributed by atoms with E-state index in [1.165, 1.54) is 12.1 Å². The van der Waals surface area contributed by atoms with E-state index in [2.05, 4.69) is 5.32 Å². The molecule has 0 fully saturated rings. The van der Waals surface area contributed by atoms with Gasteiger partial charge in [0.05, 0.1) is 11.3 Å². The Bertz CT molecular complexity index is 643. The molecule has 0 heterocycles. The zero-order valence-electron chi connectivity index (χ0n) is 11.1. The van der Waals surface area contributed by atoms with Gasteiger partial charge in [-0.2, -0.15) is 0 Å². The SMILES string of the molecule is CC(Nc1cccc(F)c1C(N)=O)c1cccc(N)c1. The minimum Gasteiger partial charge on any atom is -0.399 e. The van der Waals surface area contributed by atoms with Crippen molar-refractivity contribution < 1.29 is 9.18 Å². The van der Waals surface area contributed by atoms with Gasteiger partial charge in [-0.3, -0.25) is 4.79 Å². The molecule has 0 spiro atoms. The molecule has 1 unspecified atom stereocenters. The number of rotatable bonds is 4. The molecule has 0 bridgehead atoms. The summed E-state index contributed by atoms with van der Waals surface area (Å²) in [5, 5.41) is 3.08. The van der Waals surface area contributed by atoms with E-state index in [1.807, 2.05) is 25.1 Å². The van der Waals surface area contributed by atoms with E-state index in [0.29, 0.717) is 11.4 Å². The van der Waals surface area contributed by atoms with E-state index in [-0.39, 0.29) is 11.6 Å². The fourth-order valence-corrected chi connectivity index (χ4v) is 2.04. The molecule has 0 aliphatic carbocycles. The third-order valence-corrected chi connectivity index (χ3v) is 3.04. The standard InChI is InChI=1S/C15H16FN3O/c1-9(10-4-2-5-11(17)8-10)19-13-7-3-6-12(16)14(13)15(18)20/h2-9,19H,17H2,1H3,(H2,18,20). The van der Waals surface area contributed by atoms with Gasteiger partial charge in [0.25, 0.3) is 5.91 Å². The Kier molecular flexibility index (Phi) is 3.89. The summed E-state index contributed by atoms with van der Waals surface area (Å²) in [6.45, 7) is 1.89. The van der Waals surface area contributed by atoms with Crippen molar-refractivity contribution in [2.45, 2.75) is 13.0 Å². The monoisotopic (exact) mass is 273 g/mol. The second kappa shape index (κ2) is 5.61. The quantitative estimate of drug-likeness (QED) is 0.749. The second-order valence-corrected chi connectivity index (χ2v) is 4.56. The average molecular weight is 273 g/mol. The normalized spacial score (nSPS) is 11.9. The van der Waals surface area contributed by atoms with Gasteiger partial charge < -0.3 is 16.8 Å². The number of halogens is 1. The summed E-state index contributed by atoms with van der Waals surface area (Å²) >= 11 is 0. The smallest absolute Gasteiger partial charge is 0.253 e. The molecule has 5 heteroatoms. The van der Waals surface area contributed by atoms with Gasteiger partial charge in [0.2, 0.25) is 0 Å². The molecule has 2 rings (SSSR count). The first-order chi connectivity index (χ1) is 9.49. The van der Waals surface area contributed by atoms with Crippen LogP contribution in [0.15, 0.2) is 42.5 Å². The molecule has 5 N–H and O–H groups in total. The van der Waals surface area contributed by atoms with Crippen molar-refractivity contribution in [3.05, 3.63) is 59.4 Å². The van der Waals surface area contributed by atoms with Crippen LogP contribution in [0.25, 0.3) is 0 Å². The number of carbonyl (C=O) groups excluding carboxylic acids is 1. The van der Waals surface area contributed by atoms with Crippen molar-refractivity contribution in [2.24, 2.45) is 5.73 Å². The fraction of sp³-hybridized carbons (Fsp3) is 0.133. The van der Waals surface area contributed by atoms with Gasteiger partial charge in [-0.1, -0.05) is 18.2 Å². The minimum atomic E-state index is -0.801. The fourth-order valence-electron chi connectivity index (χ4n) is 2.04. The van der Waals surface area contributed by atoms with E-state index < -0.39 is 11.7 Å². The van der Waals surface area contributed by atoms with Crippen molar-refractivity contribution in [2.75, 3.05) is 11.1 Å². The minimum absolute atomic E-state index is 0.136. The number of hydrogen-bond acceptors (Lipinski definition) is 3. The van der Waals surface area contributed by atoms with Crippen LogP contribution >= 0.6 is 0 Å². The zero-order chi connectivity index (χ0) is 14.7. The van der Waals surface area contributed by atoms with Crippen molar-refractivity contribution in [3.8, 4) is 0 Å². The summed E-state index contributed by atoms with van der Waals surface area (Å²) in [7, 11) is 0. The maximum atomic E-state index is 13.7. The van der Waals surface area contributed by atoms with Gasteiger partial charge in [-0.25, -0.2) is 4.39 Å². The molecule has 104 valence electrons. The van der Waals surface area contributed by atoms with Crippen LogP contribution in [0.5, 0.6) is 0 Å². The topological polar surface area (TPSA) is 81.1 Å². The predicted molar refractivity (Wildman–Crippen MR) is 77.8 cm³/mol. The lowest BCUT2D eigenvalue weighted by atomic mass is 10.1. The molecule has 0 aromatic heterocycles. The first-order valence-electron chi connectivity index (χ1n) is 6.19. The summed E-state index contributed by atoms with van der Waals surface area (Å²) in [5.74, 6) is -1.44. The number of primary amides is 1. The maximum absolute atomic E-state index is 13.7. The van der Waals surface area contributed by atoms with E-state index >= 15 is 0 Å². The Labute approximate surface area is 116 Å². The van der Waals surface area contributed by atoms with Crippen molar-refractivity contribution in [3.63, 3.8) is 0 Å². The van der Waals surface area contributed by atoms with E-state index in [4.69, 9.17) is 11.5 Å². The number of benzene rings is 2. The lowest BCUT2D eigenvalue weighted by molar-refractivity contribution is 0.0997. The molecule has 2 aromatic rings. The largest absolute Gasteiger partial charge is 0.399 e. The Morgan fingerprint density at radius 1 is 1.25 bits per heavy atom. The number of nitrogens with two attached hydrogens (primary N) is 2. The highest BCUT2D eigenvalue weighted by Gasteiger charge is 2.15. The highest BCUT2D eigenvalue weighted by molar-refractivity contribution is 5.98. The number of carbonyl (C=O) groups is 1. The van der Waals surface area contributed by atoms with E-state index in [1.54, 1.807) is 12.1 Å². The molecule has 0 aliphatic heterocycles. The summed E-state index contributed by atoms with van der Waals surface area (Å²) in [6, 6.07) is 11.5. The molecule has 1 atom stereocenters. The molecule has 0 saturated heterocycles. The molecule has 20 heavy (non-hydrogen) atoms. The highest BCUT2D eigenvalue weighted by Crippen LogP contribution is 2.24. The number of amides is 1. The third-order valence-electron chi connectivity index (χ3n) is 3.04. The molecule has 0 radical (unpaired) electrons. The summed E-state index contributed by atoms with van der Waals surface area (Å²) in [5.41, 5.74) is 12.8. The maximum Gasteiger partial charge on any atom is 0.253 e. The van der Waals surface area contributed by atoms with Gasteiger partial charge in [0.1, 0.15) is 5.82 Å². The van der Waals surface area contributed by atoms with Crippen LogP contribution in [0.2, 0.25) is 0 Å². The van der Waals surface area contributed by atoms with Crippen LogP contribution in [0.4, 0.5) is 15.8 Å². The molecule has 0 aliphatic rings. The van der Waals surface area contributed by atoms with Crippen LogP contribution in [0, 0.1) is 5.82 Å². The van der Waals surface area contributed by atoms with Crippen LogP contribution in [-0.2, 0) is 0 Å². The number of nitrogens with one attached hydrogen (secondary N) is 1. The molecule has 0 saturated carbocycles. The zero-order valence-corrected chi connectivity index (χ0v) is 11.1. The Morgan fingerprint density at radius 3 is 2.60 bits per heavy atom. The van der Waals surface area contributed by atoms with Crippen molar-refractivity contribution in [1.29, 1.82) is 0 Å². The van der Waals surface area contributed by atoms with Crippen LogP contribution in [0.1, 0.15) is 28.9 Å². The Hall–Kier alpha value is -2.56. The van der Waals surface area contributed by atoms with Gasteiger partial charge in [0, 0.05) is 11.7 Å². The number of anilines is 2. The van der Waals surface area contributed by atoms with Gasteiger partial charge in [-0.15, -0.1) is 0 Å². The van der Waals surface area contributed by atoms with E-state index in [0.717, 1.165) is 5.56 Å².